The van der Waals surface area contributed by atoms with Gasteiger partial charge in [0.15, 0.2) is 0 Å². The van der Waals surface area contributed by atoms with Crippen LogP contribution in [0.2, 0.25) is 0 Å². The zero-order chi connectivity index (χ0) is 20.1. The summed E-state index contributed by atoms with van der Waals surface area (Å²) in [4.78, 5) is 12.5. The Balaban J connectivity index is 0.00000256. The molecule has 6 heteroatoms. The molecular weight excluding hydrogens is 396 g/mol. The molecule has 1 aliphatic rings. The highest BCUT2D eigenvalue weighted by Crippen LogP contribution is 2.27. The molecular formula is C24H29ClN4O. The number of nitrogens with one attached hydrogen (secondary N) is 1. The molecule has 0 bridgehead atoms. The number of hydrogen-bond donors (Lipinski definition) is 2. The van der Waals surface area contributed by atoms with E-state index in [1.54, 1.807) is 0 Å². The average molecular weight is 425 g/mol. The Hall–Kier alpha value is -2.63. The number of aromatic nitrogens is 2. The molecule has 1 amide bonds. The van der Waals surface area contributed by atoms with Gasteiger partial charge in [-0.1, -0.05) is 67.1 Å². The van der Waals surface area contributed by atoms with Gasteiger partial charge in [0.2, 0.25) is 5.91 Å². The van der Waals surface area contributed by atoms with E-state index in [1.807, 2.05) is 47.3 Å². The second kappa shape index (κ2) is 10.4. The van der Waals surface area contributed by atoms with Gasteiger partial charge in [0.1, 0.15) is 0 Å². The van der Waals surface area contributed by atoms with Crippen molar-refractivity contribution in [3.63, 3.8) is 0 Å². The number of halogens is 1. The summed E-state index contributed by atoms with van der Waals surface area (Å²) < 4.78 is 1.95. The van der Waals surface area contributed by atoms with Crippen molar-refractivity contribution in [3.05, 3.63) is 78.0 Å². The maximum Gasteiger partial charge on any atom is 0.220 e. The molecule has 0 spiro atoms. The van der Waals surface area contributed by atoms with Crippen LogP contribution in [0.25, 0.3) is 11.3 Å². The third kappa shape index (κ3) is 5.49. The molecule has 30 heavy (non-hydrogen) atoms. The quantitative estimate of drug-likeness (QED) is 0.598. The zero-order valence-electron chi connectivity index (χ0n) is 17.0. The number of amides is 1. The standard InChI is InChI=1S/C24H28N4O.ClH/c25-22-13-7-12-20(22)14-23(29)26-15-21-17-28(16-18-8-3-1-4-9-18)27-24(21)19-10-5-2-6-11-19;/h1-6,8-11,17,20,22H,7,12-16,25H2,(H,26,29);1H/t20-,22+;/m0./s1. The van der Waals surface area contributed by atoms with E-state index in [4.69, 9.17) is 10.8 Å². The van der Waals surface area contributed by atoms with E-state index >= 15 is 0 Å². The minimum atomic E-state index is 0. The summed E-state index contributed by atoms with van der Waals surface area (Å²) in [5.41, 5.74) is 10.3. The fourth-order valence-corrected chi connectivity index (χ4v) is 4.11. The summed E-state index contributed by atoms with van der Waals surface area (Å²) in [6.45, 7) is 1.17. The molecule has 2 aromatic carbocycles. The Bertz CT molecular complexity index is 942. The molecule has 0 unspecified atom stereocenters. The molecule has 158 valence electrons. The third-order valence-electron chi connectivity index (χ3n) is 5.71. The number of nitrogens with zero attached hydrogens (tertiary/aromatic N) is 2. The van der Waals surface area contributed by atoms with Crippen LogP contribution in [0, 0.1) is 5.92 Å². The van der Waals surface area contributed by atoms with Gasteiger partial charge in [-0.15, -0.1) is 12.4 Å². The summed E-state index contributed by atoms with van der Waals surface area (Å²) >= 11 is 0. The van der Waals surface area contributed by atoms with Crippen molar-refractivity contribution in [2.24, 2.45) is 11.7 Å². The van der Waals surface area contributed by atoms with E-state index in [-0.39, 0.29) is 24.4 Å². The lowest BCUT2D eigenvalue weighted by molar-refractivity contribution is -0.122. The van der Waals surface area contributed by atoms with Crippen molar-refractivity contribution in [2.45, 2.75) is 44.8 Å². The molecule has 0 saturated heterocycles. The molecule has 0 aliphatic heterocycles. The predicted molar refractivity (Wildman–Crippen MR) is 122 cm³/mol. The first-order valence-electron chi connectivity index (χ1n) is 10.4. The minimum absolute atomic E-state index is 0. The van der Waals surface area contributed by atoms with Gasteiger partial charge in [-0.25, -0.2) is 0 Å². The fraction of sp³-hybridized carbons (Fsp3) is 0.333. The third-order valence-corrected chi connectivity index (χ3v) is 5.71. The topological polar surface area (TPSA) is 72.9 Å². The van der Waals surface area contributed by atoms with Crippen LogP contribution in [0.5, 0.6) is 0 Å². The zero-order valence-corrected chi connectivity index (χ0v) is 17.9. The van der Waals surface area contributed by atoms with Crippen LogP contribution < -0.4 is 11.1 Å². The van der Waals surface area contributed by atoms with Crippen molar-refractivity contribution in [1.82, 2.24) is 15.1 Å². The van der Waals surface area contributed by atoms with E-state index in [2.05, 4.69) is 29.6 Å². The first-order valence-corrected chi connectivity index (χ1v) is 10.4. The minimum Gasteiger partial charge on any atom is -0.352 e. The fourth-order valence-electron chi connectivity index (χ4n) is 4.11. The van der Waals surface area contributed by atoms with E-state index in [9.17, 15) is 4.79 Å². The summed E-state index contributed by atoms with van der Waals surface area (Å²) in [5, 5.41) is 7.90. The van der Waals surface area contributed by atoms with Crippen molar-refractivity contribution in [3.8, 4) is 11.3 Å². The summed E-state index contributed by atoms with van der Waals surface area (Å²) in [6.07, 6.45) is 5.77. The normalized spacial score (nSPS) is 18.0. The highest BCUT2D eigenvalue weighted by atomic mass is 35.5. The molecule has 1 aliphatic carbocycles. The van der Waals surface area contributed by atoms with E-state index in [1.165, 1.54) is 5.56 Å². The molecule has 0 radical (unpaired) electrons. The second-order valence-electron chi connectivity index (χ2n) is 7.89. The predicted octanol–water partition coefficient (Wildman–Crippen LogP) is 4.15. The molecule has 3 N–H and O–H groups in total. The molecule has 1 saturated carbocycles. The molecule has 2 atom stereocenters. The van der Waals surface area contributed by atoms with Gasteiger partial charge in [0.05, 0.1) is 12.2 Å². The molecule has 1 aromatic heterocycles. The van der Waals surface area contributed by atoms with Crippen molar-refractivity contribution >= 4 is 18.3 Å². The van der Waals surface area contributed by atoms with E-state index < -0.39 is 0 Å². The number of benzene rings is 2. The molecule has 4 rings (SSSR count). The van der Waals surface area contributed by atoms with Crippen LogP contribution in [0.4, 0.5) is 0 Å². The van der Waals surface area contributed by atoms with E-state index in [0.717, 1.165) is 36.1 Å². The van der Waals surface area contributed by atoms with Crippen LogP contribution >= 0.6 is 12.4 Å². The summed E-state index contributed by atoms with van der Waals surface area (Å²) in [7, 11) is 0. The van der Waals surface area contributed by atoms with Crippen LogP contribution in [0.1, 0.15) is 36.8 Å². The van der Waals surface area contributed by atoms with Gasteiger partial charge < -0.3 is 11.1 Å². The van der Waals surface area contributed by atoms with Gasteiger partial charge in [-0.3, -0.25) is 9.48 Å². The van der Waals surface area contributed by atoms with Gasteiger partial charge in [-0.05, 0) is 24.3 Å². The first-order chi connectivity index (χ1) is 14.2. The van der Waals surface area contributed by atoms with Crippen molar-refractivity contribution < 1.29 is 4.79 Å². The average Bonchev–Trinajstić information content (AvgIpc) is 3.34. The van der Waals surface area contributed by atoms with Crippen LogP contribution in [0.15, 0.2) is 66.9 Å². The number of carbonyl (C=O) groups excluding carboxylic acids is 1. The van der Waals surface area contributed by atoms with E-state index in [0.29, 0.717) is 25.4 Å². The van der Waals surface area contributed by atoms with Gasteiger partial charge in [-0.2, -0.15) is 5.10 Å². The lowest BCUT2D eigenvalue weighted by Crippen LogP contribution is -2.31. The highest BCUT2D eigenvalue weighted by molar-refractivity contribution is 5.85. The maximum absolute atomic E-state index is 12.5. The Kier molecular flexibility index (Phi) is 7.66. The molecule has 1 fully saturated rings. The number of hydrogen-bond acceptors (Lipinski definition) is 3. The largest absolute Gasteiger partial charge is 0.352 e. The van der Waals surface area contributed by atoms with Crippen LogP contribution in [-0.2, 0) is 17.9 Å². The molecule has 1 heterocycles. The van der Waals surface area contributed by atoms with Crippen molar-refractivity contribution in [2.75, 3.05) is 0 Å². The first kappa shape index (κ1) is 22.1. The lowest BCUT2D eigenvalue weighted by atomic mass is 10.00. The second-order valence-corrected chi connectivity index (χ2v) is 7.89. The Morgan fingerprint density at radius 3 is 2.43 bits per heavy atom. The smallest absolute Gasteiger partial charge is 0.220 e. The monoisotopic (exact) mass is 424 g/mol. The highest BCUT2D eigenvalue weighted by Gasteiger charge is 2.26. The Morgan fingerprint density at radius 2 is 1.77 bits per heavy atom. The maximum atomic E-state index is 12.5. The number of rotatable bonds is 7. The van der Waals surface area contributed by atoms with Gasteiger partial charge in [0, 0.05) is 36.3 Å². The van der Waals surface area contributed by atoms with Gasteiger partial charge >= 0.3 is 0 Å². The molecule has 3 aromatic rings. The summed E-state index contributed by atoms with van der Waals surface area (Å²) in [5.74, 6) is 0.381. The van der Waals surface area contributed by atoms with Gasteiger partial charge in [0.25, 0.3) is 0 Å². The SMILES string of the molecule is Cl.N[C@@H]1CCC[C@H]1CC(=O)NCc1cn(Cc2ccccc2)nc1-c1ccccc1. The number of carbonyl (C=O) groups is 1. The Morgan fingerprint density at radius 1 is 1.07 bits per heavy atom. The Labute approximate surface area is 184 Å². The molecule has 5 nitrogen and oxygen atoms in total. The summed E-state index contributed by atoms with van der Waals surface area (Å²) in [6, 6.07) is 20.6. The lowest BCUT2D eigenvalue weighted by Gasteiger charge is -2.14. The van der Waals surface area contributed by atoms with Crippen LogP contribution in [-0.4, -0.2) is 21.7 Å². The van der Waals surface area contributed by atoms with Crippen LogP contribution in [0.3, 0.4) is 0 Å². The number of nitrogens with two attached hydrogens (primary N) is 1. The van der Waals surface area contributed by atoms with Crippen molar-refractivity contribution in [1.29, 1.82) is 0 Å².